The van der Waals surface area contributed by atoms with Gasteiger partial charge in [-0.15, -0.1) is 0 Å². The molecule has 1 aromatic rings. The molecule has 28 heavy (non-hydrogen) atoms. The summed E-state index contributed by atoms with van der Waals surface area (Å²) in [6.07, 6.45) is 5.07. The maximum Gasteiger partial charge on any atom is 0.317 e. The van der Waals surface area contributed by atoms with E-state index in [4.69, 9.17) is 4.74 Å². The number of benzene rings is 1. The van der Waals surface area contributed by atoms with Crippen LogP contribution in [-0.2, 0) is 6.54 Å². The molecule has 1 aromatic carbocycles. The first-order chi connectivity index (χ1) is 13.7. The Balaban J connectivity index is 1.30. The van der Waals surface area contributed by atoms with Gasteiger partial charge in [0.25, 0.3) is 0 Å². The number of hydrogen-bond acceptors (Lipinski definition) is 4. The summed E-state index contributed by atoms with van der Waals surface area (Å²) in [6, 6.07) is 8.43. The average Bonchev–Trinajstić information content (AvgIpc) is 2.74. The van der Waals surface area contributed by atoms with Gasteiger partial charge in [0.1, 0.15) is 5.75 Å². The third-order valence-corrected chi connectivity index (χ3v) is 5.68. The quantitative estimate of drug-likeness (QED) is 0.696. The molecular formula is C22H36N4O2. The normalized spacial score (nSPS) is 18.8. The van der Waals surface area contributed by atoms with E-state index in [1.54, 1.807) is 0 Å². The standard InChI is InChI=1S/C22H36N4O2/c1-2-28-21-9-7-20(8-10-21)19-25-15-17-26(18-16-25)22(27)23-11-6-14-24-12-4-3-5-13-24/h7-10H,2-6,11-19H2,1H3,(H,23,27). The first-order valence-corrected chi connectivity index (χ1v) is 10.9. The number of likely N-dealkylation sites (tertiary alicyclic amines) is 1. The Morgan fingerprint density at radius 2 is 1.68 bits per heavy atom. The molecule has 2 saturated heterocycles. The molecule has 0 spiro atoms. The van der Waals surface area contributed by atoms with E-state index >= 15 is 0 Å². The van der Waals surface area contributed by atoms with Crippen LogP contribution in [0.4, 0.5) is 4.79 Å². The molecule has 2 aliphatic heterocycles. The van der Waals surface area contributed by atoms with E-state index in [1.165, 1.54) is 37.9 Å². The summed E-state index contributed by atoms with van der Waals surface area (Å²) in [5.41, 5.74) is 1.29. The third-order valence-electron chi connectivity index (χ3n) is 5.68. The van der Waals surface area contributed by atoms with Crippen molar-refractivity contribution >= 4 is 6.03 Å². The van der Waals surface area contributed by atoms with E-state index in [2.05, 4.69) is 27.2 Å². The largest absolute Gasteiger partial charge is 0.494 e. The van der Waals surface area contributed by atoms with Crippen LogP contribution < -0.4 is 10.1 Å². The lowest BCUT2D eigenvalue weighted by molar-refractivity contribution is 0.135. The highest BCUT2D eigenvalue weighted by atomic mass is 16.5. The average molecular weight is 389 g/mol. The van der Waals surface area contributed by atoms with E-state index in [9.17, 15) is 4.79 Å². The number of ether oxygens (including phenoxy) is 1. The fraction of sp³-hybridized carbons (Fsp3) is 0.682. The zero-order chi connectivity index (χ0) is 19.6. The van der Waals surface area contributed by atoms with Gasteiger partial charge in [0, 0.05) is 39.3 Å². The fourth-order valence-electron chi connectivity index (χ4n) is 4.02. The lowest BCUT2D eigenvalue weighted by Gasteiger charge is -2.34. The first-order valence-electron chi connectivity index (χ1n) is 10.9. The second-order valence-electron chi connectivity index (χ2n) is 7.83. The molecule has 0 saturated carbocycles. The van der Waals surface area contributed by atoms with Crippen LogP contribution in [0.3, 0.4) is 0 Å². The van der Waals surface area contributed by atoms with Crippen molar-refractivity contribution in [3.05, 3.63) is 29.8 Å². The molecule has 0 unspecified atom stereocenters. The molecule has 2 aliphatic rings. The smallest absolute Gasteiger partial charge is 0.317 e. The molecule has 2 amide bonds. The van der Waals surface area contributed by atoms with Crippen LogP contribution in [0.15, 0.2) is 24.3 Å². The van der Waals surface area contributed by atoms with Gasteiger partial charge < -0.3 is 19.9 Å². The zero-order valence-electron chi connectivity index (χ0n) is 17.4. The van der Waals surface area contributed by atoms with E-state index < -0.39 is 0 Å². The van der Waals surface area contributed by atoms with Gasteiger partial charge in [-0.3, -0.25) is 4.90 Å². The van der Waals surface area contributed by atoms with E-state index in [1.807, 2.05) is 24.0 Å². The monoisotopic (exact) mass is 388 g/mol. The van der Waals surface area contributed by atoms with Crippen molar-refractivity contribution in [2.75, 3.05) is 59.0 Å². The molecule has 156 valence electrons. The van der Waals surface area contributed by atoms with Gasteiger partial charge in [0.05, 0.1) is 6.61 Å². The topological polar surface area (TPSA) is 48.1 Å². The lowest BCUT2D eigenvalue weighted by Crippen LogP contribution is -2.51. The highest BCUT2D eigenvalue weighted by molar-refractivity contribution is 5.74. The van der Waals surface area contributed by atoms with Crippen LogP contribution in [0.25, 0.3) is 0 Å². The number of hydrogen-bond donors (Lipinski definition) is 1. The van der Waals surface area contributed by atoms with Gasteiger partial charge in [-0.05, 0) is 63.5 Å². The van der Waals surface area contributed by atoms with Crippen molar-refractivity contribution in [2.45, 2.75) is 39.2 Å². The molecule has 6 nitrogen and oxygen atoms in total. The number of urea groups is 1. The molecule has 0 radical (unpaired) electrons. The van der Waals surface area contributed by atoms with E-state index in [-0.39, 0.29) is 6.03 Å². The fourth-order valence-corrected chi connectivity index (χ4v) is 4.02. The Morgan fingerprint density at radius 3 is 2.36 bits per heavy atom. The maximum absolute atomic E-state index is 12.4. The summed E-state index contributed by atoms with van der Waals surface area (Å²) >= 11 is 0. The number of carbonyl (C=O) groups is 1. The van der Waals surface area contributed by atoms with Crippen molar-refractivity contribution in [2.24, 2.45) is 0 Å². The molecule has 0 bridgehead atoms. The second kappa shape index (κ2) is 11.3. The summed E-state index contributed by atoms with van der Waals surface area (Å²) in [6.45, 7) is 11.4. The Hall–Kier alpha value is -1.79. The number of nitrogens with one attached hydrogen (secondary N) is 1. The molecule has 0 aliphatic carbocycles. The SMILES string of the molecule is CCOc1ccc(CN2CCN(C(=O)NCCCN3CCCCC3)CC2)cc1. The van der Waals surface area contributed by atoms with E-state index in [0.717, 1.165) is 58.0 Å². The number of rotatable bonds is 8. The summed E-state index contributed by atoms with van der Waals surface area (Å²) < 4.78 is 5.50. The Labute approximate surface area is 169 Å². The predicted molar refractivity (Wildman–Crippen MR) is 113 cm³/mol. The molecular weight excluding hydrogens is 352 g/mol. The molecule has 6 heteroatoms. The summed E-state index contributed by atoms with van der Waals surface area (Å²) in [5.74, 6) is 0.924. The van der Waals surface area contributed by atoms with Crippen LogP contribution in [0.1, 0.15) is 38.2 Å². The van der Waals surface area contributed by atoms with Crippen molar-refractivity contribution in [1.29, 1.82) is 0 Å². The molecule has 1 N–H and O–H groups in total. The van der Waals surface area contributed by atoms with Crippen LogP contribution in [-0.4, -0.2) is 79.7 Å². The summed E-state index contributed by atoms with van der Waals surface area (Å²) in [5, 5.41) is 3.10. The second-order valence-corrected chi connectivity index (χ2v) is 7.83. The molecule has 0 atom stereocenters. The molecule has 3 rings (SSSR count). The van der Waals surface area contributed by atoms with Crippen LogP contribution in [0.2, 0.25) is 0 Å². The number of nitrogens with zero attached hydrogens (tertiary/aromatic N) is 3. The van der Waals surface area contributed by atoms with Crippen LogP contribution in [0.5, 0.6) is 5.75 Å². The van der Waals surface area contributed by atoms with Crippen molar-refractivity contribution in [3.8, 4) is 5.75 Å². The maximum atomic E-state index is 12.4. The number of piperidine rings is 1. The van der Waals surface area contributed by atoms with Gasteiger partial charge in [-0.1, -0.05) is 18.6 Å². The van der Waals surface area contributed by atoms with Gasteiger partial charge in [0.15, 0.2) is 0 Å². The van der Waals surface area contributed by atoms with Crippen molar-refractivity contribution in [3.63, 3.8) is 0 Å². The predicted octanol–water partition coefficient (Wildman–Crippen LogP) is 2.79. The summed E-state index contributed by atoms with van der Waals surface area (Å²) in [4.78, 5) is 19.3. The minimum atomic E-state index is 0.0966. The van der Waals surface area contributed by atoms with Crippen LogP contribution >= 0.6 is 0 Å². The van der Waals surface area contributed by atoms with Gasteiger partial charge in [-0.25, -0.2) is 4.79 Å². The van der Waals surface area contributed by atoms with E-state index in [0.29, 0.717) is 6.61 Å². The Bertz CT molecular complexity index is 579. The highest BCUT2D eigenvalue weighted by Gasteiger charge is 2.21. The van der Waals surface area contributed by atoms with Crippen molar-refractivity contribution < 1.29 is 9.53 Å². The van der Waals surface area contributed by atoms with Gasteiger partial charge >= 0.3 is 6.03 Å². The summed E-state index contributed by atoms with van der Waals surface area (Å²) in [7, 11) is 0. The highest BCUT2D eigenvalue weighted by Crippen LogP contribution is 2.15. The van der Waals surface area contributed by atoms with Gasteiger partial charge in [0.2, 0.25) is 0 Å². The minimum absolute atomic E-state index is 0.0966. The van der Waals surface area contributed by atoms with Gasteiger partial charge in [-0.2, -0.15) is 0 Å². The zero-order valence-corrected chi connectivity index (χ0v) is 17.4. The number of carbonyl (C=O) groups excluding carboxylic acids is 1. The van der Waals surface area contributed by atoms with Crippen LogP contribution in [0, 0.1) is 0 Å². The number of piperazine rings is 1. The van der Waals surface area contributed by atoms with Crippen molar-refractivity contribution in [1.82, 2.24) is 20.0 Å². The molecule has 0 aromatic heterocycles. The minimum Gasteiger partial charge on any atom is -0.494 e. The molecule has 2 fully saturated rings. The Morgan fingerprint density at radius 1 is 0.964 bits per heavy atom. The number of amides is 2. The Kier molecular flexibility index (Phi) is 8.42. The lowest BCUT2D eigenvalue weighted by atomic mass is 10.1. The third kappa shape index (κ3) is 6.67. The molecule has 2 heterocycles. The first kappa shape index (κ1) is 20.9.